The minimum atomic E-state index is -0.808. The van der Waals surface area contributed by atoms with Gasteiger partial charge in [0.15, 0.2) is 5.78 Å². The van der Waals surface area contributed by atoms with E-state index >= 15 is 0 Å². The molecule has 0 radical (unpaired) electrons. The minimum absolute atomic E-state index is 0.120. The van der Waals surface area contributed by atoms with Crippen molar-refractivity contribution in [1.82, 2.24) is 4.90 Å². The molecule has 1 N–H and O–H groups in total. The largest absolute Gasteiger partial charge is 0.481 e. The van der Waals surface area contributed by atoms with Crippen molar-refractivity contribution in [2.75, 3.05) is 13.1 Å². The lowest BCUT2D eigenvalue weighted by Crippen LogP contribution is -2.40. The number of ketones is 1. The first-order valence-electron chi connectivity index (χ1n) is 10.1. The van der Waals surface area contributed by atoms with Crippen molar-refractivity contribution in [2.45, 2.75) is 39.5 Å². The van der Waals surface area contributed by atoms with Gasteiger partial charge in [-0.1, -0.05) is 30.3 Å². The molecule has 1 saturated heterocycles. The van der Waals surface area contributed by atoms with Crippen LogP contribution in [-0.2, 0) is 4.79 Å². The predicted octanol–water partition coefficient (Wildman–Crippen LogP) is 4.25. The van der Waals surface area contributed by atoms with Gasteiger partial charge in [0, 0.05) is 30.6 Å². The number of carboxylic acids is 1. The van der Waals surface area contributed by atoms with Gasteiger partial charge < -0.3 is 10.0 Å². The summed E-state index contributed by atoms with van der Waals surface area (Å²) in [5.74, 6) is -0.932. The maximum absolute atomic E-state index is 13.2. The van der Waals surface area contributed by atoms with Crippen molar-refractivity contribution in [2.24, 2.45) is 5.92 Å². The predicted molar refractivity (Wildman–Crippen MR) is 111 cm³/mol. The second-order valence-electron chi connectivity index (χ2n) is 7.87. The number of piperidine rings is 1. The molecular weight excluding hydrogens is 366 g/mol. The molecule has 29 heavy (non-hydrogen) atoms. The molecule has 0 aliphatic carbocycles. The molecule has 0 bridgehead atoms. The Balaban J connectivity index is 1.82. The number of likely N-dealkylation sites (tertiary alicyclic amines) is 1. The Bertz CT molecular complexity index is 934. The average molecular weight is 393 g/mol. The van der Waals surface area contributed by atoms with Crippen LogP contribution in [0.5, 0.6) is 0 Å². The first-order chi connectivity index (χ1) is 13.9. The molecule has 5 heteroatoms. The van der Waals surface area contributed by atoms with Crippen LogP contribution in [0.2, 0.25) is 0 Å². The number of aliphatic carboxylic acids is 1. The van der Waals surface area contributed by atoms with E-state index in [9.17, 15) is 14.4 Å². The zero-order chi connectivity index (χ0) is 21.0. The SMILES string of the molecule is Cc1ccc(C(=O)c2ccccc2C(=O)N2CCCC(CCC(=O)O)C2)cc1C. The maximum Gasteiger partial charge on any atom is 0.303 e. The number of aryl methyl sites for hydroxylation is 2. The highest BCUT2D eigenvalue weighted by Gasteiger charge is 2.27. The molecule has 5 nitrogen and oxygen atoms in total. The summed E-state index contributed by atoms with van der Waals surface area (Å²) in [4.78, 5) is 39.0. The summed E-state index contributed by atoms with van der Waals surface area (Å²) in [6, 6.07) is 12.5. The third-order valence-electron chi connectivity index (χ3n) is 5.74. The highest BCUT2D eigenvalue weighted by Crippen LogP contribution is 2.24. The Kier molecular flexibility index (Phi) is 6.47. The van der Waals surface area contributed by atoms with E-state index < -0.39 is 5.97 Å². The van der Waals surface area contributed by atoms with Crippen LogP contribution in [0.25, 0.3) is 0 Å². The molecule has 0 spiro atoms. The van der Waals surface area contributed by atoms with Gasteiger partial charge in [-0.3, -0.25) is 14.4 Å². The fraction of sp³-hybridized carbons (Fsp3) is 0.375. The summed E-state index contributed by atoms with van der Waals surface area (Å²) in [6.07, 6.45) is 2.47. The molecule has 1 aliphatic heterocycles. The third-order valence-corrected chi connectivity index (χ3v) is 5.74. The van der Waals surface area contributed by atoms with Crippen molar-refractivity contribution in [3.8, 4) is 0 Å². The summed E-state index contributed by atoms with van der Waals surface area (Å²) in [5.41, 5.74) is 3.55. The van der Waals surface area contributed by atoms with Crippen molar-refractivity contribution >= 4 is 17.7 Å². The molecule has 1 unspecified atom stereocenters. The lowest BCUT2D eigenvalue weighted by Gasteiger charge is -2.33. The van der Waals surface area contributed by atoms with Crippen LogP contribution in [-0.4, -0.2) is 40.8 Å². The highest BCUT2D eigenvalue weighted by atomic mass is 16.4. The number of carboxylic acid groups (broad SMARTS) is 1. The van der Waals surface area contributed by atoms with Gasteiger partial charge in [-0.25, -0.2) is 0 Å². The third kappa shape index (κ3) is 4.91. The van der Waals surface area contributed by atoms with Gasteiger partial charge in [-0.15, -0.1) is 0 Å². The molecule has 1 atom stereocenters. The zero-order valence-corrected chi connectivity index (χ0v) is 17.0. The topological polar surface area (TPSA) is 74.7 Å². The van der Waals surface area contributed by atoms with Crippen LogP contribution in [0.3, 0.4) is 0 Å². The van der Waals surface area contributed by atoms with E-state index in [1.807, 2.05) is 26.0 Å². The number of hydrogen-bond acceptors (Lipinski definition) is 3. The normalized spacial score (nSPS) is 16.5. The van der Waals surface area contributed by atoms with E-state index in [2.05, 4.69) is 0 Å². The molecule has 1 fully saturated rings. The van der Waals surface area contributed by atoms with E-state index in [0.29, 0.717) is 36.2 Å². The van der Waals surface area contributed by atoms with E-state index in [1.54, 1.807) is 35.2 Å². The number of carbonyl (C=O) groups excluding carboxylic acids is 2. The van der Waals surface area contributed by atoms with Crippen molar-refractivity contribution in [1.29, 1.82) is 0 Å². The monoisotopic (exact) mass is 393 g/mol. The van der Waals surface area contributed by atoms with Gasteiger partial charge in [0.1, 0.15) is 0 Å². The first-order valence-corrected chi connectivity index (χ1v) is 10.1. The molecule has 0 saturated carbocycles. The second-order valence-corrected chi connectivity index (χ2v) is 7.87. The summed E-state index contributed by atoms with van der Waals surface area (Å²) >= 11 is 0. The molecular formula is C24H27NO4. The summed E-state index contributed by atoms with van der Waals surface area (Å²) in [5, 5.41) is 8.92. The fourth-order valence-corrected chi connectivity index (χ4v) is 3.89. The van der Waals surface area contributed by atoms with Crippen LogP contribution in [0, 0.1) is 19.8 Å². The lowest BCUT2D eigenvalue weighted by atomic mass is 9.91. The van der Waals surface area contributed by atoms with Gasteiger partial charge in [0.2, 0.25) is 0 Å². The Labute approximate surface area is 171 Å². The standard InChI is InChI=1S/C24H27NO4/c1-16-9-11-19(14-17(16)2)23(28)20-7-3-4-8-21(20)24(29)25-13-5-6-18(15-25)10-12-22(26)27/h3-4,7-9,11,14,18H,5-6,10,12-13,15H2,1-2H3,(H,26,27). The first kappa shape index (κ1) is 20.8. The summed E-state index contributed by atoms with van der Waals surface area (Å²) in [7, 11) is 0. The Morgan fingerprint density at radius 1 is 1.03 bits per heavy atom. The fourth-order valence-electron chi connectivity index (χ4n) is 3.89. The number of hydrogen-bond donors (Lipinski definition) is 1. The Morgan fingerprint density at radius 3 is 2.45 bits per heavy atom. The van der Waals surface area contributed by atoms with Crippen LogP contribution in [0.4, 0.5) is 0 Å². The minimum Gasteiger partial charge on any atom is -0.481 e. The number of benzene rings is 2. The number of amides is 1. The van der Waals surface area contributed by atoms with Gasteiger partial charge in [0.25, 0.3) is 5.91 Å². The van der Waals surface area contributed by atoms with Crippen LogP contribution in [0.1, 0.15) is 63.1 Å². The molecule has 1 aliphatic rings. The smallest absolute Gasteiger partial charge is 0.303 e. The Hall–Kier alpha value is -2.95. The van der Waals surface area contributed by atoms with Crippen LogP contribution >= 0.6 is 0 Å². The van der Waals surface area contributed by atoms with E-state index in [0.717, 1.165) is 24.0 Å². The molecule has 2 aromatic rings. The van der Waals surface area contributed by atoms with Crippen LogP contribution in [0.15, 0.2) is 42.5 Å². The summed E-state index contributed by atoms with van der Waals surface area (Å²) < 4.78 is 0. The molecule has 2 aromatic carbocycles. The van der Waals surface area contributed by atoms with Crippen LogP contribution < -0.4 is 0 Å². The molecule has 1 heterocycles. The van der Waals surface area contributed by atoms with Gasteiger partial charge in [0.05, 0.1) is 5.56 Å². The maximum atomic E-state index is 13.2. The molecule has 1 amide bonds. The van der Waals surface area contributed by atoms with Crippen molar-refractivity contribution in [3.63, 3.8) is 0 Å². The van der Waals surface area contributed by atoms with E-state index in [1.165, 1.54) is 0 Å². The lowest BCUT2D eigenvalue weighted by molar-refractivity contribution is -0.137. The number of nitrogens with zero attached hydrogens (tertiary/aromatic N) is 1. The average Bonchev–Trinajstić information content (AvgIpc) is 2.73. The highest BCUT2D eigenvalue weighted by molar-refractivity contribution is 6.15. The van der Waals surface area contributed by atoms with Gasteiger partial charge in [-0.2, -0.15) is 0 Å². The molecule has 152 valence electrons. The van der Waals surface area contributed by atoms with E-state index in [4.69, 9.17) is 5.11 Å². The second kappa shape index (κ2) is 9.03. The summed E-state index contributed by atoms with van der Waals surface area (Å²) in [6.45, 7) is 5.14. The molecule has 0 aromatic heterocycles. The molecule has 3 rings (SSSR count). The quantitative estimate of drug-likeness (QED) is 0.745. The van der Waals surface area contributed by atoms with Crippen molar-refractivity contribution < 1.29 is 19.5 Å². The van der Waals surface area contributed by atoms with Gasteiger partial charge in [-0.05, 0) is 62.3 Å². The number of carbonyl (C=O) groups is 3. The zero-order valence-electron chi connectivity index (χ0n) is 17.0. The van der Waals surface area contributed by atoms with Gasteiger partial charge >= 0.3 is 5.97 Å². The Morgan fingerprint density at radius 2 is 1.76 bits per heavy atom. The number of rotatable bonds is 6. The van der Waals surface area contributed by atoms with E-state index in [-0.39, 0.29) is 24.0 Å². The van der Waals surface area contributed by atoms with Crippen molar-refractivity contribution in [3.05, 3.63) is 70.3 Å².